The van der Waals surface area contributed by atoms with Crippen molar-refractivity contribution in [1.82, 2.24) is 4.98 Å². The number of nitrogens with zero attached hydrogens (tertiary/aromatic N) is 2. The van der Waals surface area contributed by atoms with Crippen molar-refractivity contribution < 1.29 is 13.9 Å². The van der Waals surface area contributed by atoms with Crippen molar-refractivity contribution in [3.63, 3.8) is 0 Å². The highest BCUT2D eigenvalue weighted by atomic mass is 35.5. The molecule has 6 nitrogen and oxygen atoms in total. The Morgan fingerprint density at radius 2 is 2.25 bits per heavy atom. The number of carbonyl (C=O) groups excluding carboxylic acids is 1. The van der Waals surface area contributed by atoms with Crippen molar-refractivity contribution in [2.45, 2.75) is 12.0 Å². The van der Waals surface area contributed by atoms with Crippen LogP contribution in [0.3, 0.4) is 0 Å². The lowest BCUT2D eigenvalue weighted by molar-refractivity contribution is 0.00304. The van der Waals surface area contributed by atoms with Crippen LogP contribution in [0.2, 0.25) is 5.02 Å². The quantitative estimate of drug-likeness (QED) is 0.794. The normalized spacial score (nSPS) is 24.2. The average Bonchev–Trinajstić information content (AvgIpc) is 2.69. The van der Waals surface area contributed by atoms with Crippen LogP contribution >= 0.6 is 23.4 Å². The van der Waals surface area contributed by atoms with Gasteiger partial charge in [-0.2, -0.15) is 0 Å². The Morgan fingerprint density at radius 1 is 1.39 bits per heavy atom. The van der Waals surface area contributed by atoms with E-state index in [0.717, 1.165) is 12.2 Å². The topological polar surface area (TPSA) is 89.6 Å². The Bertz CT molecular complexity index is 957. The van der Waals surface area contributed by atoms with Gasteiger partial charge in [0.2, 0.25) is 0 Å². The minimum atomic E-state index is -0.879. The predicted octanol–water partition coefficient (Wildman–Crippen LogP) is 3.42. The van der Waals surface area contributed by atoms with Crippen molar-refractivity contribution in [1.29, 1.82) is 0 Å². The molecule has 0 saturated carbocycles. The summed E-state index contributed by atoms with van der Waals surface area (Å²) in [6.07, 6.45) is 3.63. The zero-order chi connectivity index (χ0) is 19.7. The van der Waals surface area contributed by atoms with E-state index >= 15 is 0 Å². The molecule has 4 rings (SSSR count). The first-order chi connectivity index (χ1) is 13.5. The lowest BCUT2D eigenvalue weighted by Crippen LogP contribution is -2.48. The van der Waals surface area contributed by atoms with Crippen LogP contribution in [-0.4, -0.2) is 35.0 Å². The van der Waals surface area contributed by atoms with Crippen molar-refractivity contribution in [3.05, 3.63) is 58.6 Å². The Kier molecular flexibility index (Phi) is 5.27. The molecule has 28 heavy (non-hydrogen) atoms. The number of halogens is 2. The third-order valence-electron chi connectivity index (χ3n) is 5.01. The van der Waals surface area contributed by atoms with Crippen LogP contribution in [0, 0.1) is 11.7 Å². The first-order valence-electron chi connectivity index (χ1n) is 8.76. The number of anilines is 1. The van der Waals surface area contributed by atoms with Gasteiger partial charge in [0.1, 0.15) is 11.4 Å². The standard InChI is InChI=1S/C19H18ClFN4O2S/c20-13-5-11(7-23-8-13)17(26)24-14-1-2-16(21)15(6-14)19-10-27-4-3-12(19)9-28-18(22)25-19/h1-2,5-8,12H,3-4,9-10H2,(H2,22,25)(H,24,26)/t12-,19-/m0/s1. The number of carbonyl (C=O) groups is 1. The fourth-order valence-electron chi connectivity index (χ4n) is 3.60. The molecular weight excluding hydrogens is 403 g/mol. The zero-order valence-electron chi connectivity index (χ0n) is 14.8. The van der Waals surface area contributed by atoms with Gasteiger partial charge in [-0.15, -0.1) is 0 Å². The molecule has 1 aromatic carbocycles. The minimum Gasteiger partial charge on any atom is -0.379 e. The summed E-state index contributed by atoms with van der Waals surface area (Å²) >= 11 is 7.37. The number of benzene rings is 1. The van der Waals surface area contributed by atoms with Crippen molar-refractivity contribution in [3.8, 4) is 0 Å². The van der Waals surface area contributed by atoms with Gasteiger partial charge in [0.15, 0.2) is 5.17 Å². The van der Waals surface area contributed by atoms with Crippen molar-refractivity contribution in [2.24, 2.45) is 16.6 Å². The number of hydrogen-bond acceptors (Lipinski definition) is 6. The van der Waals surface area contributed by atoms with Crippen molar-refractivity contribution in [2.75, 3.05) is 24.3 Å². The molecule has 1 aromatic heterocycles. The molecule has 2 atom stereocenters. The molecule has 0 spiro atoms. The maximum absolute atomic E-state index is 14.8. The second kappa shape index (κ2) is 7.69. The second-order valence-corrected chi connectivity index (χ2v) is 8.24. The summed E-state index contributed by atoms with van der Waals surface area (Å²) < 4.78 is 20.5. The molecule has 0 unspecified atom stereocenters. The number of nitrogens with one attached hydrogen (secondary N) is 1. The number of ether oxygens (including phenoxy) is 1. The first-order valence-corrected chi connectivity index (χ1v) is 10.1. The molecule has 9 heteroatoms. The highest BCUT2D eigenvalue weighted by Crippen LogP contribution is 2.45. The smallest absolute Gasteiger partial charge is 0.257 e. The molecule has 0 radical (unpaired) electrons. The molecule has 1 amide bonds. The van der Waals surface area contributed by atoms with E-state index in [-0.39, 0.29) is 18.4 Å². The molecule has 2 aliphatic rings. The van der Waals surface area contributed by atoms with Crippen LogP contribution in [0.4, 0.5) is 10.1 Å². The Morgan fingerprint density at radius 3 is 3.07 bits per heavy atom. The number of aromatic nitrogens is 1. The molecule has 146 valence electrons. The molecule has 2 aromatic rings. The predicted molar refractivity (Wildman–Crippen MR) is 108 cm³/mol. The Hall–Kier alpha value is -2.16. The summed E-state index contributed by atoms with van der Waals surface area (Å²) in [7, 11) is 0. The number of amides is 1. The molecule has 0 aliphatic carbocycles. The van der Waals surface area contributed by atoms with E-state index in [2.05, 4.69) is 15.3 Å². The Labute approximate surface area is 170 Å². The number of pyridine rings is 1. The summed E-state index contributed by atoms with van der Waals surface area (Å²) in [4.78, 5) is 21.0. The number of fused-ring (bicyclic) bond motifs is 1. The number of aliphatic imine (C=N–C) groups is 1. The third kappa shape index (κ3) is 3.59. The zero-order valence-corrected chi connectivity index (χ0v) is 16.4. The highest BCUT2D eigenvalue weighted by Gasteiger charge is 2.47. The lowest BCUT2D eigenvalue weighted by atomic mass is 9.76. The number of rotatable bonds is 3. The van der Waals surface area contributed by atoms with E-state index in [1.165, 1.54) is 42.4 Å². The van der Waals surface area contributed by atoms with Gasteiger partial charge >= 0.3 is 0 Å². The fourth-order valence-corrected chi connectivity index (χ4v) is 4.82. The third-order valence-corrected chi connectivity index (χ3v) is 6.17. The van der Waals surface area contributed by atoms with Gasteiger partial charge in [0.25, 0.3) is 5.91 Å². The monoisotopic (exact) mass is 420 g/mol. The molecule has 0 bridgehead atoms. The van der Waals surface area contributed by atoms with Crippen LogP contribution < -0.4 is 11.1 Å². The fraction of sp³-hybridized carbons (Fsp3) is 0.316. The van der Waals surface area contributed by atoms with E-state index < -0.39 is 11.4 Å². The summed E-state index contributed by atoms with van der Waals surface area (Å²) in [5.41, 5.74) is 6.23. The SMILES string of the molecule is NC1=N[C@@]2(c3cc(NC(=O)c4cncc(Cl)c4)ccc3F)COCC[C@H]2CS1. The highest BCUT2D eigenvalue weighted by molar-refractivity contribution is 8.13. The molecule has 1 fully saturated rings. The van der Waals surface area contributed by atoms with Crippen LogP contribution in [-0.2, 0) is 10.3 Å². The van der Waals surface area contributed by atoms with E-state index in [1.807, 2.05) is 0 Å². The second-order valence-electron chi connectivity index (χ2n) is 6.76. The van der Waals surface area contributed by atoms with Crippen molar-refractivity contribution >= 4 is 40.1 Å². The molecular formula is C19H18ClFN4O2S. The minimum absolute atomic E-state index is 0.108. The average molecular weight is 421 g/mol. The number of hydrogen-bond donors (Lipinski definition) is 2. The maximum atomic E-state index is 14.8. The summed E-state index contributed by atoms with van der Waals surface area (Å²) in [5.74, 6) is 0.0735. The van der Waals surface area contributed by atoms with Gasteiger partial charge < -0.3 is 15.8 Å². The van der Waals surface area contributed by atoms with Gasteiger partial charge in [-0.1, -0.05) is 23.4 Å². The van der Waals surface area contributed by atoms with E-state index in [0.29, 0.717) is 33.6 Å². The number of thioether (sulfide) groups is 1. The summed E-state index contributed by atoms with van der Waals surface area (Å²) in [6.45, 7) is 0.869. The van der Waals surface area contributed by atoms with Gasteiger partial charge in [0, 0.05) is 41.9 Å². The summed E-state index contributed by atoms with van der Waals surface area (Å²) in [6, 6.07) is 5.96. The number of nitrogens with two attached hydrogens (primary N) is 1. The van der Waals surface area contributed by atoms with Gasteiger partial charge in [-0.3, -0.25) is 9.78 Å². The first kappa shape index (κ1) is 19.2. The van der Waals surface area contributed by atoms with E-state index in [9.17, 15) is 9.18 Å². The molecule has 1 saturated heterocycles. The Balaban J connectivity index is 1.69. The maximum Gasteiger partial charge on any atom is 0.257 e. The molecule has 3 N–H and O–H groups in total. The molecule has 2 aliphatic heterocycles. The summed E-state index contributed by atoms with van der Waals surface area (Å²) in [5, 5.41) is 3.54. The molecule has 3 heterocycles. The van der Waals surface area contributed by atoms with Gasteiger partial charge in [-0.25, -0.2) is 9.38 Å². The van der Waals surface area contributed by atoms with Crippen LogP contribution in [0.25, 0.3) is 0 Å². The van der Waals surface area contributed by atoms with Crippen LogP contribution in [0.5, 0.6) is 0 Å². The van der Waals surface area contributed by atoms with Gasteiger partial charge in [0.05, 0.1) is 17.2 Å². The lowest BCUT2D eigenvalue weighted by Gasteiger charge is -2.43. The van der Waals surface area contributed by atoms with E-state index in [4.69, 9.17) is 22.1 Å². The largest absolute Gasteiger partial charge is 0.379 e. The van der Waals surface area contributed by atoms with Gasteiger partial charge in [-0.05, 0) is 30.7 Å². The number of amidine groups is 1. The van der Waals surface area contributed by atoms with Crippen LogP contribution in [0.15, 0.2) is 41.7 Å². The van der Waals surface area contributed by atoms with Crippen LogP contribution in [0.1, 0.15) is 22.3 Å². The van der Waals surface area contributed by atoms with E-state index in [1.54, 1.807) is 6.07 Å².